The minimum Gasteiger partial charge on any atom is -0.361 e. The number of Topliss-reactive ketones (excluding diaryl/α,β-unsaturated/α-hetero) is 1. The van der Waals surface area contributed by atoms with Crippen LogP contribution in [-0.4, -0.2) is 18.9 Å². The summed E-state index contributed by atoms with van der Waals surface area (Å²) in [6, 6.07) is 5.36. The van der Waals surface area contributed by atoms with Crippen molar-refractivity contribution >= 4 is 34.7 Å². The predicted octanol–water partition coefficient (Wildman–Crippen LogP) is 2.77. The smallest absolute Gasteiger partial charge is 0.153 e. The highest BCUT2D eigenvalue weighted by Gasteiger charge is 2.22. The Labute approximate surface area is 92.4 Å². The van der Waals surface area contributed by atoms with Crippen molar-refractivity contribution in [2.45, 2.75) is 6.42 Å². The van der Waals surface area contributed by atoms with E-state index >= 15 is 0 Å². The lowest BCUT2D eigenvalue weighted by Gasteiger charge is -2.19. The van der Waals surface area contributed by atoms with Crippen molar-refractivity contribution in [3.05, 3.63) is 28.2 Å². The zero-order chi connectivity index (χ0) is 10.1. The van der Waals surface area contributed by atoms with Crippen LogP contribution < -0.4 is 4.90 Å². The van der Waals surface area contributed by atoms with Gasteiger partial charge < -0.3 is 4.90 Å². The van der Waals surface area contributed by atoms with E-state index in [2.05, 4.69) is 0 Å². The first-order valence-electron chi connectivity index (χ1n) is 4.39. The van der Waals surface area contributed by atoms with Crippen LogP contribution in [0.1, 0.15) is 6.42 Å². The van der Waals surface area contributed by atoms with E-state index in [1.165, 1.54) is 0 Å². The van der Waals surface area contributed by atoms with Crippen molar-refractivity contribution in [3.63, 3.8) is 0 Å². The van der Waals surface area contributed by atoms with Gasteiger partial charge in [-0.2, -0.15) is 0 Å². The van der Waals surface area contributed by atoms with Gasteiger partial charge >= 0.3 is 0 Å². The number of carbonyl (C=O) groups is 1. The third kappa shape index (κ3) is 1.72. The summed E-state index contributed by atoms with van der Waals surface area (Å²) >= 11 is 12.0. The molecule has 0 unspecified atom stereocenters. The fourth-order valence-corrected chi connectivity index (χ4v) is 2.25. The molecule has 1 aliphatic heterocycles. The van der Waals surface area contributed by atoms with E-state index in [9.17, 15) is 4.79 Å². The monoisotopic (exact) mass is 229 g/mol. The molecule has 0 bridgehead atoms. The van der Waals surface area contributed by atoms with Crippen LogP contribution in [0.5, 0.6) is 0 Å². The van der Waals surface area contributed by atoms with Crippen molar-refractivity contribution in [3.8, 4) is 0 Å². The van der Waals surface area contributed by atoms with Gasteiger partial charge in [-0.25, -0.2) is 0 Å². The zero-order valence-electron chi connectivity index (χ0n) is 7.46. The Kier molecular flexibility index (Phi) is 2.66. The number of rotatable bonds is 1. The summed E-state index contributed by atoms with van der Waals surface area (Å²) in [5.74, 6) is 0.237. The average molecular weight is 230 g/mol. The van der Waals surface area contributed by atoms with Crippen molar-refractivity contribution in [2.75, 3.05) is 18.0 Å². The number of anilines is 1. The average Bonchev–Trinajstić information content (AvgIpc) is 2.51. The van der Waals surface area contributed by atoms with E-state index in [-0.39, 0.29) is 5.78 Å². The number of hydrogen-bond donors (Lipinski definition) is 0. The van der Waals surface area contributed by atoms with Gasteiger partial charge in [0.15, 0.2) is 5.78 Å². The molecule has 1 heterocycles. The molecule has 1 aliphatic rings. The lowest BCUT2D eigenvalue weighted by atomic mass is 10.3. The van der Waals surface area contributed by atoms with Gasteiger partial charge in [0.25, 0.3) is 0 Å². The number of hydrogen-bond acceptors (Lipinski definition) is 2. The minimum absolute atomic E-state index is 0.237. The predicted molar refractivity (Wildman–Crippen MR) is 58.3 cm³/mol. The van der Waals surface area contributed by atoms with Gasteiger partial charge in [-0.1, -0.05) is 29.3 Å². The molecule has 1 aromatic carbocycles. The number of halogens is 2. The molecule has 2 nitrogen and oxygen atoms in total. The van der Waals surface area contributed by atoms with Crippen LogP contribution in [0.25, 0.3) is 0 Å². The summed E-state index contributed by atoms with van der Waals surface area (Å²) in [7, 11) is 0. The summed E-state index contributed by atoms with van der Waals surface area (Å²) in [4.78, 5) is 13.0. The van der Waals surface area contributed by atoms with E-state index in [0.29, 0.717) is 29.6 Å². The number of ketones is 1. The fourth-order valence-electron chi connectivity index (χ4n) is 1.61. The van der Waals surface area contributed by atoms with E-state index < -0.39 is 0 Å². The Morgan fingerprint density at radius 3 is 2.36 bits per heavy atom. The highest BCUT2D eigenvalue weighted by Crippen LogP contribution is 2.34. The molecule has 1 fully saturated rings. The molecule has 4 heteroatoms. The van der Waals surface area contributed by atoms with Crippen LogP contribution in [0.4, 0.5) is 5.69 Å². The molecule has 0 radical (unpaired) electrons. The standard InChI is InChI=1S/C10H9Cl2NO/c11-8-2-1-3-9(12)10(8)13-5-4-7(14)6-13/h1-3H,4-6H2. The van der Waals surface area contributed by atoms with Crippen LogP contribution in [0, 0.1) is 0 Å². The second-order valence-electron chi connectivity index (χ2n) is 3.28. The van der Waals surface area contributed by atoms with Crippen LogP contribution in [0.15, 0.2) is 18.2 Å². The molecule has 0 saturated carbocycles. The van der Waals surface area contributed by atoms with Gasteiger partial charge in [0.1, 0.15) is 0 Å². The Hall–Kier alpha value is -0.730. The Balaban J connectivity index is 2.36. The normalized spacial score (nSPS) is 16.4. The first-order chi connectivity index (χ1) is 6.68. The molecule has 0 N–H and O–H groups in total. The topological polar surface area (TPSA) is 20.3 Å². The maximum absolute atomic E-state index is 11.1. The largest absolute Gasteiger partial charge is 0.361 e. The highest BCUT2D eigenvalue weighted by molar-refractivity contribution is 6.39. The van der Waals surface area contributed by atoms with Crippen molar-refractivity contribution in [1.82, 2.24) is 0 Å². The molecule has 0 aliphatic carbocycles. The lowest BCUT2D eigenvalue weighted by molar-refractivity contribution is -0.116. The summed E-state index contributed by atoms with van der Waals surface area (Å²) in [6.07, 6.45) is 0.585. The van der Waals surface area contributed by atoms with Gasteiger partial charge in [0.2, 0.25) is 0 Å². The van der Waals surface area contributed by atoms with E-state index in [1.807, 2.05) is 4.90 Å². The van der Waals surface area contributed by atoms with Crippen LogP contribution in [0.3, 0.4) is 0 Å². The number of carbonyl (C=O) groups excluding carboxylic acids is 1. The van der Waals surface area contributed by atoms with Crippen molar-refractivity contribution in [1.29, 1.82) is 0 Å². The quantitative estimate of drug-likeness (QED) is 0.739. The van der Waals surface area contributed by atoms with E-state index in [1.54, 1.807) is 18.2 Å². The Bertz CT molecular complexity index is 358. The number of benzene rings is 1. The van der Waals surface area contributed by atoms with Crippen molar-refractivity contribution < 1.29 is 4.79 Å². The third-order valence-corrected chi connectivity index (χ3v) is 2.89. The lowest BCUT2D eigenvalue weighted by Crippen LogP contribution is -2.20. The molecule has 0 aromatic heterocycles. The summed E-state index contributed by atoms with van der Waals surface area (Å²) < 4.78 is 0. The van der Waals surface area contributed by atoms with Gasteiger partial charge in [0.05, 0.1) is 22.3 Å². The molecule has 0 spiro atoms. The van der Waals surface area contributed by atoms with Crippen LogP contribution in [-0.2, 0) is 4.79 Å². The van der Waals surface area contributed by atoms with Gasteiger partial charge in [-0.3, -0.25) is 4.79 Å². The summed E-state index contributed by atoms with van der Waals surface area (Å²) in [5.41, 5.74) is 0.779. The van der Waals surface area contributed by atoms with Gasteiger partial charge in [0, 0.05) is 13.0 Å². The molecule has 1 aromatic rings. The molecule has 74 valence electrons. The Morgan fingerprint density at radius 1 is 1.21 bits per heavy atom. The minimum atomic E-state index is 0.237. The van der Waals surface area contributed by atoms with Gasteiger partial charge in [-0.15, -0.1) is 0 Å². The maximum atomic E-state index is 11.1. The second-order valence-corrected chi connectivity index (χ2v) is 4.09. The molecular weight excluding hydrogens is 221 g/mol. The molecular formula is C10H9Cl2NO. The van der Waals surface area contributed by atoms with Crippen LogP contribution in [0.2, 0.25) is 10.0 Å². The molecule has 0 atom stereocenters. The maximum Gasteiger partial charge on any atom is 0.153 e. The molecule has 0 amide bonds. The molecule has 14 heavy (non-hydrogen) atoms. The first-order valence-corrected chi connectivity index (χ1v) is 5.15. The Morgan fingerprint density at radius 2 is 1.86 bits per heavy atom. The summed E-state index contributed by atoms with van der Waals surface area (Å²) in [6.45, 7) is 1.13. The van der Waals surface area contributed by atoms with E-state index in [4.69, 9.17) is 23.2 Å². The van der Waals surface area contributed by atoms with Gasteiger partial charge in [-0.05, 0) is 12.1 Å². The van der Waals surface area contributed by atoms with E-state index in [0.717, 1.165) is 5.69 Å². The SMILES string of the molecule is O=C1CCN(c2c(Cl)cccc2Cl)C1. The molecule has 2 rings (SSSR count). The fraction of sp³-hybridized carbons (Fsp3) is 0.300. The van der Waals surface area contributed by atoms with Crippen molar-refractivity contribution in [2.24, 2.45) is 0 Å². The molecule has 1 saturated heterocycles. The second kappa shape index (κ2) is 3.79. The number of para-hydroxylation sites is 1. The highest BCUT2D eigenvalue weighted by atomic mass is 35.5. The first kappa shape index (κ1) is 9.81. The number of nitrogens with zero attached hydrogens (tertiary/aromatic N) is 1. The third-order valence-electron chi connectivity index (χ3n) is 2.28. The summed E-state index contributed by atoms with van der Waals surface area (Å²) in [5, 5.41) is 1.21. The van der Waals surface area contributed by atoms with Crippen LogP contribution >= 0.6 is 23.2 Å². The zero-order valence-corrected chi connectivity index (χ0v) is 8.98.